The van der Waals surface area contributed by atoms with Gasteiger partial charge < -0.3 is 10.5 Å². The average Bonchev–Trinajstić information content (AvgIpc) is 2.59. The number of carbonyl (C=O) groups excluding carboxylic acids is 1. The normalized spacial score (nSPS) is 12.0. The second kappa shape index (κ2) is 5.29. The third kappa shape index (κ3) is 2.18. The van der Waals surface area contributed by atoms with Crippen LogP contribution >= 0.6 is 0 Å². The van der Waals surface area contributed by atoms with E-state index in [0.29, 0.717) is 23.4 Å². The average molecular weight is 301 g/mol. The molecule has 0 radical (unpaired) electrons. The lowest BCUT2D eigenvalue weighted by Gasteiger charge is -2.24. The Morgan fingerprint density at radius 2 is 1.70 bits per heavy atom. The maximum atomic E-state index is 11.8. The first-order valence-electron chi connectivity index (χ1n) is 7.49. The molecule has 1 aliphatic rings. The molecule has 0 saturated heterocycles. The summed E-state index contributed by atoms with van der Waals surface area (Å²) in [5, 5.41) is 0. The van der Waals surface area contributed by atoms with Crippen molar-refractivity contribution in [2.24, 2.45) is 0 Å². The summed E-state index contributed by atoms with van der Waals surface area (Å²) in [6.07, 6.45) is 1.55. The second-order valence-corrected chi connectivity index (χ2v) is 5.60. The molecular weight excluding hydrogens is 286 g/mol. The Morgan fingerprint density at radius 1 is 0.957 bits per heavy atom. The number of carbonyl (C=O) groups is 1. The largest absolute Gasteiger partial charge is 0.457 e. The maximum absolute atomic E-state index is 11.8. The molecule has 0 saturated carbocycles. The van der Waals surface area contributed by atoms with E-state index in [1.807, 2.05) is 60.7 Å². The first-order valence-corrected chi connectivity index (χ1v) is 7.49. The highest BCUT2D eigenvalue weighted by atomic mass is 16.5. The lowest BCUT2D eigenvalue weighted by molar-refractivity contribution is 0.112. The fourth-order valence-corrected chi connectivity index (χ4v) is 3.13. The van der Waals surface area contributed by atoms with Crippen molar-refractivity contribution in [3.63, 3.8) is 0 Å². The zero-order valence-corrected chi connectivity index (χ0v) is 12.5. The van der Waals surface area contributed by atoms with Gasteiger partial charge in [0.1, 0.15) is 11.5 Å². The number of hydrogen-bond acceptors (Lipinski definition) is 3. The van der Waals surface area contributed by atoms with Gasteiger partial charge in [0.2, 0.25) is 0 Å². The third-order valence-electron chi connectivity index (χ3n) is 4.21. The monoisotopic (exact) mass is 301 g/mol. The van der Waals surface area contributed by atoms with Crippen LogP contribution in [0, 0.1) is 0 Å². The van der Waals surface area contributed by atoms with Crippen LogP contribution in [0.3, 0.4) is 0 Å². The minimum atomic E-state index is 0.552. The van der Waals surface area contributed by atoms with Crippen LogP contribution in [0.25, 0.3) is 11.1 Å². The van der Waals surface area contributed by atoms with Crippen molar-refractivity contribution in [2.45, 2.75) is 6.42 Å². The summed E-state index contributed by atoms with van der Waals surface area (Å²) in [6.45, 7) is 0. The molecule has 3 nitrogen and oxygen atoms in total. The van der Waals surface area contributed by atoms with Gasteiger partial charge in [-0.25, -0.2) is 0 Å². The van der Waals surface area contributed by atoms with Crippen LogP contribution in [0.1, 0.15) is 21.5 Å². The van der Waals surface area contributed by atoms with Crippen molar-refractivity contribution < 1.29 is 9.53 Å². The van der Waals surface area contributed by atoms with E-state index < -0.39 is 0 Å². The fourth-order valence-electron chi connectivity index (χ4n) is 3.13. The van der Waals surface area contributed by atoms with Crippen molar-refractivity contribution in [3.8, 4) is 22.6 Å². The van der Waals surface area contributed by atoms with Crippen LogP contribution in [0.4, 0.5) is 5.69 Å². The van der Waals surface area contributed by atoms with Gasteiger partial charge >= 0.3 is 0 Å². The van der Waals surface area contributed by atoms with Gasteiger partial charge in [-0.2, -0.15) is 0 Å². The van der Waals surface area contributed by atoms with Crippen molar-refractivity contribution in [3.05, 3.63) is 77.4 Å². The highest BCUT2D eigenvalue weighted by Crippen LogP contribution is 2.43. The summed E-state index contributed by atoms with van der Waals surface area (Å²) >= 11 is 0. The minimum absolute atomic E-state index is 0.552. The topological polar surface area (TPSA) is 52.3 Å². The zero-order valence-electron chi connectivity index (χ0n) is 12.5. The molecule has 0 fully saturated rings. The summed E-state index contributed by atoms with van der Waals surface area (Å²) in [5.74, 6) is 1.49. The van der Waals surface area contributed by atoms with Gasteiger partial charge in [-0.1, -0.05) is 48.5 Å². The van der Waals surface area contributed by atoms with Gasteiger partial charge in [0.25, 0.3) is 0 Å². The van der Waals surface area contributed by atoms with Crippen LogP contribution in [-0.4, -0.2) is 6.29 Å². The lowest BCUT2D eigenvalue weighted by Crippen LogP contribution is -2.09. The van der Waals surface area contributed by atoms with E-state index in [0.717, 1.165) is 34.3 Å². The van der Waals surface area contributed by atoms with E-state index in [1.165, 1.54) is 0 Å². The Hall–Kier alpha value is -3.07. The highest BCUT2D eigenvalue weighted by molar-refractivity contribution is 5.96. The minimum Gasteiger partial charge on any atom is -0.457 e. The van der Waals surface area contributed by atoms with Crippen LogP contribution in [-0.2, 0) is 6.42 Å². The molecule has 0 unspecified atom stereocenters. The number of ether oxygens (including phenoxy) is 1. The van der Waals surface area contributed by atoms with Gasteiger partial charge in [0.05, 0.1) is 0 Å². The standard InChI is InChI=1S/C20H15NO2/c21-17-11-19-15(10-14-8-4-5-9-18(14)23-19)16(12-22)20(17)13-6-2-1-3-7-13/h1-9,11-12H,10,21H2. The number of para-hydroxylation sites is 1. The smallest absolute Gasteiger partial charge is 0.151 e. The Kier molecular flexibility index (Phi) is 3.12. The number of fused-ring (bicyclic) bond motifs is 2. The molecule has 0 atom stereocenters. The van der Waals surface area contributed by atoms with Crippen LogP contribution in [0.15, 0.2) is 60.7 Å². The summed E-state index contributed by atoms with van der Waals surface area (Å²) in [5.41, 5.74) is 11.1. The Balaban J connectivity index is 1.94. The molecule has 0 amide bonds. The molecule has 1 heterocycles. The SMILES string of the molecule is Nc1cc2c(c(C=O)c1-c1ccccc1)Cc1ccccc1O2. The predicted octanol–water partition coefficient (Wildman–Crippen LogP) is 4.44. The molecule has 3 heteroatoms. The Morgan fingerprint density at radius 3 is 2.48 bits per heavy atom. The molecule has 3 aromatic carbocycles. The summed E-state index contributed by atoms with van der Waals surface area (Å²) < 4.78 is 5.95. The first-order chi connectivity index (χ1) is 11.3. The number of nitrogens with two attached hydrogens (primary N) is 1. The van der Waals surface area contributed by atoms with Gasteiger partial charge in [-0.3, -0.25) is 4.79 Å². The number of aldehydes is 1. The molecule has 0 aromatic heterocycles. The van der Waals surface area contributed by atoms with Gasteiger partial charge in [-0.05, 0) is 17.2 Å². The lowest BCUT2D eigenvalue weighted by atomic mass is 9.89. The second-order valence-electron chi connectivity index (χ2n) is 5.60. The number of rotatable bonds is 2. The van der Waals surface area contributed by atoms with E-state index in [4.69, 9.17) is 10.5 Å². The van der Waals surface area contributed by atoms with Crippen molar-refractivity contribution >= 4 is 12.0 Å². The van der Waals surface area contributed by atoms with E-state index in [9.17, 15) is 4.79 Å². The van der Waals surface area contributed by atoms with E-state index in [1.54, 1.807) is 0 Å². The van der Waals surface area contributed by atoms with Gasteiger partial charge in [0.15, 0.2) is 6.29 Å². The highest BCUT2D eigenvalue weighted by Gasteiger charge is 2.24. The molecule has 0 spiro atoms. The van der Waals surface area contributed by atoms with Crippen molar-refractivity contribution in [2.75, 3.05) is 5.73 Å². The van der Waals surface area contributed by atoms with Crippen LogP contribution in [0.5, 0.6) is 11.5 Å². The molecular formula is C20H15NO2. The van der Waals surface area contributed by atoms with Gasteiger partial charge in [0, 0.05) is 34.9 Å². The fraction of sp³-hybridized carbons (Fsp3) is 0.0500. The summed E-state index contributed by atoms with van der Waals surface area (Å²) in [6, 6.07) is 19.4. The van der Waals surface area contributed by atoms with Crippen LogP contribution < -0.4 is 10.5 Å². The summed E-state index contributed by atoms with van der Waals surface area (Å²) in [4.78, 5) is 11.8. The molecule has 1 aliphatic heterocycles. The van der Waals surface area contributed by atoms with E-state index in [2.05, 4.69) is 0 Å². The molecule has 0 aliphatic carbocycles. The van der Waals surface area contributed by atoms with Crippen molar-refractivity contribution in [1.29, 1.82) is 0 Å². The number of nitrogen functional groups attached to an aromatic ring is 1. The molecule has 4 rings (SSSR count). The maximum Gasteiger partial charge on any atom is 0.151 e. The van der Waals surface area contributed by atoms with E-state index >= 15 is 0 Å². The molecule has 2 N–H and O–H groups in total. The quantitative estimate of drug-likeness (QED) is 0.440. The van der Waals surface area contributed by atoms with Crippen LogP contribution in [0.2, 0.25) is 0 Å². The first kappa shape index (κ1) is 13.6. The van der Waals surface area contributed by atoms with E-state index in [-0.39, 0.29) is 0 Å². The van der Waals surface area contributed by atoms with Crippen molar-refractivity contribution in [1.82, 2.24) is 0 Å². The molecule has 0 bridgehead atoms. The Labute approximate surface area is 134 Å². The number of anilines is 1. The number of hydrogen-bond donors (Lipinski definition) is 1. The zero-order chi connectivity index (χ0) is 15.8. The number of benzene rings is 3. The summed E-state index contributed by atoms with van der Waals surface area (Å²) in [7, 11) is 0. The van der Waals surface area contributed by atoms with Gasteiger partial charge in [-0.15, -0.1) is 0 Å². The Bertz CT molecular complexity index is 901. The third-order valence-corrected chi connectivity index (χ3v) is 4.21. The predicted molar refractivity (Wildman–Crippen MR) is 91.0 cm³/mol. The molecule has 3 aromatic rings. The molecule has 23 heavy (non-hydrogen) atoms. The molecule has 112 valence electrons.